The van der Waals surface area contributed by atoms with Gasteiger partial charge in [-0.3, -0.25) is 0 Å². The first-order valence-electron chi connectivity index (χ1n) is 5.09. The molecular weight excluding hydrogens is 210 g/mol. The van der Waals surface area contributed by atoms with Crippen LogP contribution in [0.15, 0.2) is 0 Å². The molecule has 1 rings (SSSR count). The normalized spacial score (nSPS) is 10.8. The molecule has 0 fully saturated rings. The van der Waals surface area contributed by atoms with Gasteiger partial charge in [0.2, 0.25) is 0 Å². The number of anilines is 2. The highest BCUT2D eigenvalue weighted by atomic mass is 35.5. The second kappa shape index (κ2) is 4.71. The van der Waals surface area contributed by atoms with Gasteiger partial charge in [0.25, 0.3) is 0 Å². The third kappa shape index (κ3) is 2.75. The van der Waals surface area contributed by atoms with Crippen LogP contribution in [0, 0.1) is 19.8 Å². The zero-order chi connectivity index (χ0) is 11.6. The number of halogens is 1. The van der Waals surface area contributed by atoms with Crippen LogP contribution in [0.5, 0.6) is 0 Å². The summed E-state index contributed by atoms with van der Waals surface area (Å²) in [6, 6.07) is 0. The van der Waals surface area contributed by atoms with Gasteiger partial charge in [-0.1, -0.05) is 25.4 Å². The first kappa shape index (κ1) is 12.1. The van der Waals surface area contributed by atoms with Gasteiger partial charge in [-0.15, -0.1) is 0 Å². The van der Waals surface area contributed by atoms with E-state index in [9.17, 15) is 0 Å². The molecule has 0 unspecified atom stereocenters. The molecule has 0 atom stereocenters. The van der Waals surface area contributed by atoms with Gasteiger partial charge in [-0.2, -0.15) is 0 Å². The van der Waals surface area contributed by atoms with E-state index in [0.717, 1.165) is 23.5 Å². The molecule has 0 spiro atoms. The van der Waals surface area contributed by atoms with Gasteiger partial charge in [-0.05, 0) is 25.3 Å². The summed E-state index contributed by atoms with van der Waals surface area (Å²) in [5, 5.41) is 3.69. The molecule has 0 aliphatic heterocycles. The molecule has 1 heterocycles. The van der Waals surface area contributed by atoms with Gasteiger partial charge in [-0.25, -0.2) is 4.98 Å². The van der Waals surface area contributed by atoms with Crippen molar-refractivity contribution in [2.24, 2.45) is 5.92 Å². The van der Waals surface area contributed by atoms with Gasteiger partial charge in [0.15, 0.2) is 5.15 Å². The smallest absolute Gasteiger partial charge is 0.154 e. The number of pyridine rings is 1. The summed E-state index contributed by atoms with van der Waals surface area (Å²) >= 11 is 5.93. The largest absolute Gasteiger partial charge is 0.395 e. The minimum atomic E-state index is 0.379. The Hall–Kier alpha value is -0.960. The van der Waals surface area contributed by atoms with E-state index in [-0.39, 0.29) is 0 Å². The number of aryl methyl sites for hydroxylation is 1. The first-order valence-corrected chi connectivity index (χ1v) is 5.47. The van der Waals surface area contributed by atoms with Crippen LogP contribution in [0.25, 0.3) is 0 Å². The maximum atomic E-state index is 5.93. The minimum Gasteiger partial charge on any atom is -0.395 e. The number of aromatic nitrogens is 1. The zero-order valence-electron chi connectivity index (χ0n) is 9.69. The number of rotatable bonds is 3. The van der Waals surface area contributed by atoms with Crippen LogP contribution in [-0.4, -0.2) is 11.5 Å². The van der Waals surface area contributed by atoms with Crippen LogP contribution < -0.4 is 11.1 Å². The molecular formula is C11H18ClN3. The van der Waals surface area contributed by atoms with Crippen LogP contribution in [0.2, 0.25) is 5.15 Å². The highest BCUT2D eigenvalue weighted by Crippen LogP contribution is 2.30. The van der Waals surface area contributed by atoms with E-state index in [1.54, 1.807) is 0 Å². The fourth-order valence-electron chi connectivity index (χ4n) is 1.31. The van der Waals surface area contributed by atoms with E-state index in [1.165, 1.54) is 0 Å². The Labute approximate surface area is 96.0 Å². The summed E-state index contributed by atoms with van der Waals surface area (Å²) < 4.78 is 0. The molecule has 0 bridgehead atoms. The lowest BCUT2D eigenvalue weighted by Gasteiger charge is -2.16. The predicted octanol–water partition coefficient (Wildman–Crippen LogP) is 3.00. The third-order valence-electron chi connectivity index (χ3n) is 2.36. The van der Waals surface area contributed by atoms with Crippen molar-refractivity contribution in [3.05, 3.63) is 16.4 Å². The van der Waals surface area contributed by atoms with Crippen LogP contribution in [-0.2, 0) is 0 Å². The lowest BCUT2D eigenvalue weighted by atomic mass is 10.1. The topological polar surface area (TPSA) is 50.9 Å². The van der Waals surface area contributed by atoms with Gasteiger partial charge in [0.1, 0.15) is 0 Å². The van der Waals surface area contributed by atoms with E-state index in [4.69, 9.17) is 17.3 Å². The lowest BCUT2D eigenvalue weighted by molar-refractivity contribution is 0.688. The number of hydrogen-bond acceptors (Lipinski definition) is 3. The second-order valence-electron chi connectivity index (χ2n) is 4.18. The molecule has 0 aromatic carbocycles. The molecule has 1 aromatic heterocycles. The van der Waals surface area contributed by atoms with Crippen molar-refractivity contribution in [1.82, 2.24) is 4.98 Å². The molecule has 4 heteroatoms. The standard InChI is InChI=1S/C11H18ClN3/c1-6(2)5-14-10-7(3)8(4)15-11(12)9(10)13/h6H,5,13H2,1-4H3,(H,14,15). The molecule has 3 N–H and O–H groups in total. The van der Waals surface area contributed by atoms with Gasteiger partial charge in [0.05, 0.1) is 11.4 Å². The average molecular weight is 228 g/mol. The maximum Gasteiger partial charge on any atom is 0.154 e. The summed E-state index contributed by atoms with van der Waals surface area (Å²) in [4.78, 5) is 4.16. The van der Waals surface area contributed by atoms with Gasteiger partial charge >= 0.3 is 0 Å². The van der Waals surface area contributed by atoms with Gasteiger partial charge < -0.3 is 11.1 Å². The molecule has 0 saturated heterocycles. The molecule has 0 radical (unpaired) electrons. The number of nitrogen functional groups attached to an aromatic ring is 1. The van der Waals surface area contributed by atoms with Crippen molar-refractivity contribution in [2.75, 3.05) is 17.6 Å². The Morgan fingerprint density at radius 2 is 2.00 bits per heavy atom. The minimum absolute atomic E-state index is 0.379. The highest BCUT2D eigenvalue weighted by molar-refractivity contribution is 6.32. The Kier molecular flexibility index (Phi) is 3.80. The van der Waals surface area contributed by atoms with Crippen molar-refractivity contribution in [3.63, 3.8) is 0 Å². The number of nitrogens with one attached hydrogen (secondary N) is 1. The summed E-state index contributed by atoms with van der Waals surface area (Å²) in [5.41, 5.74) is 9.33. The summed E-state index contributed by atoms with van der Waals surface area (Å²) in [5.74, 6) is 0.566. The fraction of sp³-hybridized carbons (Fsp3) is 0.545. The Morgan fingerprint density at radius 1 is 1.40 bits per heavy atom. The molecule has 0 aliphatic rings. The third-order valence-corrected chi connectivity index (χ3v) is 2.65. The van der Waals surface area contributed by atoms with Crippen LogP contribution in [0.3, 0.4) is 0 Å². The first-order chi connectivity index (χ1) is 6.93. The highest BCUT2D eigenvalue weighted by Gasteiger charge is 2.11. The molecule has 15 heavy (non-hydrogen) atoms. The summed E-state index contributed by atoms with van der Waals surface area (Å²) in [6.07, 6.45) is 0. The van der Waals surface area contributed by atoms with E-state index in [1.807, 2.05) is 13.8 Å². The predicted molar refractivity (Wildman–Crippen MR) is 66.5 cm³/mol. The van der Waals surface area contributed by atoms with Crippen LogP contribution in [0.4, 0.5) is 11.4 Å². The van der Waals surface area contributed by atoms with Gasteiger partial charge in [0, 0.05) is 12.2 Å². The monoisotopic (exact) mass is 227 g/mol. The van der Waals surface area contributed by atoms with Crippen LogP contribution in [0.1, 0.15) is 25.1 Å². The molecule has 84 valence electrons. The molecule has 1 aromatic rings. The number of nitrogens with two attached hydrogens (primary N) is 1. The van der Waals surface area contributed by atoms with E-state index >= 15 is 0 Å². The molecule has 3 nitrogen and oxygen atoms in total. The van der Waals surface area contributed by atoms with Crippen molar-refractivity contribution in [1.29, 1.82) is 0 Å². The summed E-state index contributed by atoms with van der Waals surface area (Å²) in [6.45, 7) is 9.10. The molecule has 0 amide bonds. The van der Waals surface area contributed by atoms with Crippen molar-refractivity contribution < 1.29 is 0 Å². The van der Waals surface area contributed by atoms with Crippen molar-refractivity contribution in [2.45, 2.75) is 27.7 Å². The summed E-state index contributed by atoms with van der Waals surface area (Å²) in [7, 11) is 0. The Bertz CT molecular complexity index is 335. The van der Waals surface area contributed by atoms with Crippen LogP contribution >= 0.6 is 11.6 Å². The van der Waals surface area contributed by atoms with Crippen molar-refractivity contribution in [3.8, 4) is 0 Å². The fourth-order valence-corrected chi connectivity index (χ4v) is 1.53. The Balaban J connectivity index is 3.04. The van der Waals surface area contributed by atoms with E-state index < -0.39 is 0 Å². The molecule has 0 aliphatic carbocycles. The van der Waals surface area contributed by atoms with E-state index in [2.05, 4.69) is 24.1 Å². The zero-order valence-corrected chi connectivity index (χ0v) is 10.4. The average Bonchev–Trinajstić information content (AvgIpc) is 2.14. The second-order valence-corrected chi connectivity index (χ2v) is 4.53. The Morgan fingerprint density at radius 3 is 2.53 bits per heavy atom. The number of hydrogen-bond donors (Lipinski definition) is 2. The number of nitrogens with zero attached hydrogens (tertiary/aromatic N) is 1. The molecule has 0 saturated carbocycles. The quantitative estimate of drug-likeness (QED) is 0.781. The SMILES string of the molecule is Cc1nc(Cl)c(N)c(NCC(C)C)c1C. The van der Waals surface area contributed by atoms with E-state index in [0.29, 0.717) is 16.8 Å². The lowest BCUT2D eigenvalue weighted by Crippen LogP contribution is -2.12. The maximum absolute atomic E-state index is 5.93. The van der Waals surface area contributed by atoms with Crippen molar-refractivity contribution >= 4 is 23.0 Å².